The minimum absolute atomic E-state index is 0.335. The Bertz CT molecular complexity index is 625. The molecule has 4 saturated carbocycles. The summed E-state index contributed by atoms with van der Waals surface area (Å²) in [7, 11) is 0. The van der Waals surface area contributed by atoms with Gasteiger partial charge in [-0.2, -0.15) is 0 Å². The van der Waals surface area contributed by atoms with Crippen molar-refractivity contribution in [3.63, 3.8) is 0 Å². The minimum atomic E-state index is -0.335. The van der Waals surface area contributed by atoms with Gasteiger partial charge in [-0.15, -0.1) is 6.58 Å². The highest BCUT2D eigenvalue weighted by Crippen LogP contribution is 2.69. The molecule has 5 fully saturated rings. The maximum atomic E-state index is 6.18. The minimum Gasteiger partial charge on any atom is -0.374 e. The van der Waals surface area contributed by atoms with E-state index in [4.69, 9.17) is 14.2 Å². The van der Waals surface area contributed by atoms with Crippen molar-refractivity contribution in [2.24, 2.45) is 40.4 Å². The zero-order chi connectivity index (χ0) is 20.3. The van der Waals surface area contributed by atoms with Crippen molar-refractivity contribution < 1.29 is 14.2 Å². The van der Waals surface area contributed by atoms with Crippen LogP contribution in [0.15, 0.2) is 12.7 Å². The van der Waals surface area contributed by atoms with E-state index < -0.39 is 0 Å². The van der Waals surface area contributed by atoms with E-state index >= 15 is 0 Å². The lowest BCUT2D eigenvalue weighted by Crippen LogP contribution is -2.55. The van der Waals surface area contributed by atoms with E-state index in [9.17, 15) is 0 Å². The molecule has 1 saturated heterocycles. The number of rotatable bonds is 4. The molecule has 164 valence electrons. The molecule has 1 heterocycles. The summed E-state index contributed by atoms with van der Waals surface area (Å²) in [5.41, 5.74) is 0.925. The SMILES string of the molecule is C=CCO[C@@H]1CC[C@]2(C)C3CC[C@@]4(C)C(CCC4C4(C)OCCO4)C3CC[C@H]2C1. The molecular formula is C26H42O3. The van der Waals surface area contributed by atoms with Crippen LogP contribution in [-0.4, -0.2) is 31.7 Å². The van der Waals surface area contributed by atoms with Gasteiger partial charge in [-0.1, -0.05) is 19.9 Å². The van der Waals surface area contributed by atoms with Crippen LogP contribution in [0.25, 0.3) is 0 Å². The maximum Gasteiger partial charge on any atom is 0.169 e. The van der Waals surface area contributed by atoms with Crippen LogP contribution in [0.1, 0.15) is 78.6 Å². The van der Waals surface area contributed by atoms with Crippen LogP contribution in [-0.2, 0) is 14.2 Å². The highest BCUT2D eigenvalue weighted by molar-refractivity contribution is 5.11. The molecule has 5 aliphatic rings. The normalized spacial score (nSPS) is 51.1. The summed E-state index contributed by atoms with van der Waals surface area (Å²) < 4.78 is 18.4. The van der Waals surface area contributed by atoms with E-state index in [-0.39, 0.29) is 5.79 Å². The molecule has 0 bridgehead atoms. The molecule has 5 rings (SSSR count). The van der Waals surface area contributed by atoms with E-state index in [1.54, 1.807) is 0 Å². The zero-order valence-corrected chi connectivity index (χ0v) is 19.0. The van der Waals surface area contributed by atoms with Gasteiger partial charge in [-0.25, -0.2) is 0 Å². The molecule has 3 heteroatoms. The fourth-order valence-corrected chi connectivity index (χ4v) is 9.17. The van der Waals surface area contributed by atoms with E-state index in [1.165, 1.54) is 57.8 Å². The van der Waals surface area contributed by atoms with Gasteiger partial charge in [0.25, 0.3) is 0 Å². The van der Waals surface area contributed by atoms with E-state index in [0.717, 1.165) is 36.9 Å². The molecule has 0 radical (unpaired) electrons. The van der Waals surface area contributed by atoms with Crippen LogP contribution in [0, 0.1) is 40.4 Å². The molecule has 0 N–H and O–H groups in total. The molecule has 3 nitrogen and oxygen atoms in total. The predicted octanol–water partition coefficient (Wildman–Crippen LogP) is 5.98. The molecule has 4 unspecified atom stereocenters. The number of fused-ring (bicyclic) bond motifs is 5. The van der Waals surface area contributed by atoms with Gasteiger partial charge in [0.2, 0.25) is 0 Å². The third-order valence-corrected chi connectivity index (χ3v) is 10.6. The van der Waals surface area contributed by atoms with Crippen LogP contribution < -0.4 is 0 Å². The van der Waals surface area contributed by atoms with Crippen molar-refractivity contribution >= 4 is 0 Å². The summed E-state index contributed by atoms with van der Waals surface area (Å²) in [6, 6.07) is 0. The van der Waals surface area contributed by atoms with Crippen LogP contribution in [0.3, 0.4) is 0 Å². The topological polar surface area (TPSA) is 27.7 Å². The molecule has 0 amide bonds. The van der Waals surface area contributed by atoms with Crippen molar-refractivity contribution in [2.75, 3.05) is 19.8 Å². The molecule has 8 atom stereocenters. The Morgan fingerprint density at radius 1 is 0.897 bits per heavy atom. The maximum absolute atomic E-state index is 6.18. The lowest BCUT2D eigenvalue weighted by Gasteiger charge is -2.61. The summed E-state index contributed by atoms with van der Waals surface area (Å²) in [6.07, 6.45) is 14.5. The second-order valence-corrected chi connectivity index (χ2v) is 11.6. The number of hydrogen-bond donors (Lipinski definition) is 0. The van der Waals surface area contributed by atoms with Gasteiger partial charge in [-0.3, -0.25) is 0 Å². The average molecular weight is 403 g/mol. The average Bonchev–Trinajstić information content (AvgIpc) is 3.30. The number of hydrogen-bond acceptors (Lipinski definition) is 3. The second-order valence-electron chi connectivity index (χ2n) is 11.6. The summed E-state index contributed by atoms with van der Waals surface area (Å²) >= 11 is 0. The van der Waals surface area contributed by atoms with Crippen LogP contribution >= 0.6 is 0 Å². The standard InChI is InChI=1S/C26H42O3/c1-5-14-27-19-10-12-24(2)18(17-19)6-7-20-21-8-9-23(26(4)28-15-16-29-26)25(21,3)13-11-22(20)24/h5,18-23H,1,6-17H2,2-4H3/t18-,19+,20?,21?,22?,23?,24-,25-/m0/s1. The van der Waals surface area contributed by atoms with Gasteiger partial charge in [0.15, 0.2) is 5.79 Å². The van der Waals surface area contributed by atoms with Crippen molar-refractivity contribution in [2.45, 2.75) is 90.4 Å². The Morgan fingerprint density at radius 3 is 2.38 bits per heavy atom. The quantitative estimate of drug-likeness (QED) is 0.541. The van der Waals surface area contributed by atoms with Gasteiger partial charge in [-0.05, 0) is 99.2 Å². The highest BCUT2D eigenvalue weighted by Gasteiger charge is 2.63. The Hall–Kier alpha value is -0.380. The van der Waals surface area contributed by atoms with Crippen molar-refractivity contribution in [3.05, 3.63) is 12.7 Å². The van der Waals surface area contributed by atoms with Gasteiger partial charge >= 0.3 is 0 Å². The largest absolute Gasteiger partial charge is 0.374 e. The molecule has 0 aromatic carbocycles. The smallest absolute Gasteiger partial charge is 0.169 e. The van der Waals surface area contributed by atoms with E-state index in [0.29, 0.717) is 29.5 Å². The lowest BCUT2D eigenvalue weighted by atomic mass is 9.44. The molecular weight excluding hydrogens is 360 g/mol. The first-order valence-corrected chi connectivity index (χ1v) is 12.4. The fraction of sp³-hybridized carbons (Fsp3) is 0.923. The van der Waals surface area contributed by atoms with Gasteiger partial charge < -0.3 is 14.2 Å². The highest BCUT2D eigenvalue weighted by atomic mass is 16.7. The van der Waals surface area contributed by atoms with Crippen molar-refractivity contribution in [3.8, 4) is 0 Å². The Morgan fingerprint density at radius 2 is 1.62 bits per heavy atom. The van der Waals surface area contributed by atoms with Gasteiger partial charge in [0.1, 0.15) is 0 Å². The molecule has 1 aliphatic heterocycles. The molecule has 0 spiro atoms. The first kappa shape index (κ1) is 20.5. The molecule has 29 heavy (non-hydrogen) atoms. The molecule has 0 aromatic heterocycles. The summed E-state index contributed by atoms with van der Waals surface area (Å²) in [5.74, 6) is 3.78. The van der Waals surface area contributed by atoms with E-state index in [2.05, 4.69) is 27.4 Å². The van der Waals surface area contributed by atoms with Crippen LogP contribution in [0.5, 0.6) is 0 Å². The number of ether oxygens (including phenoxy) is 3. The molecule has 0 aromatic rings. The third kappa shape index (κ3) is 3.09. The predicted molar refractivity (Wildman–Crippen MR) is 115 cm³/mol. The zero-order valence-electron chi connectivity index (χ0n) is 19.0. The molecule has 4 aliphatic carbocycles. The first-order valence-electron chi connectivity index (χ1n) is 12.4. The monoisotopic (exact) mass is 402 g/mol. The van der Waals surface area contributed by atoms with Crippen LogP contribution in [0.4, 0.5) is 0 Å². The summed E-state index contributed by atoms with van der Waals surface area (Å²) in [6.45, 7) is 13.6. The van der Waals surface area contributed by atoms with E-state index in [1.807, 2.05) is 6.08 Å². The van der Waals surface area contributed by atoms with Crippen molar-refractivity contribution in [1.82, 2.24) is 0 Å². The summed E-state index contributed by atoms with van der Waals surface area (Å²) in [5, 5.41) is 0. The Kier molecular flexibility index (Phi) is 5.20. The fourth-order valence-electron chi connectivity index (χ4n) is 9.17. The summed E-state index contributed by atoms with van der Waals surface area (Å²) in [4.78, 5) is 0. The van der Waals surface area contributed by atoms with Crippen LogP contribution in [0.2, 0.25) is 0 Å². The van der Waals surface area contributed by atoms with Crippen molar-refractivity contribution in [1.29, 1.82) is 0 Å². The van der Waals surface area contributed by atoms with Gasteiger partial charge in [0.05, 0.1) is 25.9 Å². The Labute approximate surface area is 177 Å². The second kappa shape index (κ2) is 7.35. The van der Waals surface area contributed by atoms with Gasteiger partial charge in [0, 0.05) is 5.92 Å². The first-order chi connectivity index (χ1) is 13.9. The Balaban J connectivity index is 1.34. The lowest BCUT2D eigenvalue weighted by molar-refractivity contribution is -0.219. The third-order valence-electron chi connectivity index (χ3n) is 10.6.